The lowest BCUT2D eigenvalue weighted by molar-refractivity contribution is -0.144. The Hall–Kier alpha value is -6.71. The van der Waals surface area contributed by atoms with Crippen LogP contribution in [-0.4, -0.2) is 109 Å². The van der Waals surface area contributed by atoms with E-state index in [1.165, 1.54) is 23.8 Å². The van der Waals surface area contributed by atoms with E-state index in [0.717, 1.165) is 5.56 Å². The molecule has 8 N–H and O–H groups in total. The van der Waals surface area contributed by atoms with E-state index in [9.17, 15) is 43.6 Å². The summed E-state index contributed by atoms with van der Waals surface area (Å²) in [6, 6.07) is 11.9. The number of likely N-dealkylation sites (N-methyl/N-ethyl adjacent to an activating group) is 1. The Morgan fingerprint density at radius 2 is 1.49 bits per heavy atom. The number of hydrazine groups is 1. The van der Waals surface area contributed by atoms with Gasteiger partial charge in [0.2, 0.25) is 17.7 Å². The van der Waals surface area contributed by atoms with E-state index in [4.69, 9.17) is 0 Å². The first-order valence-corrected chi connectivity index (χ1v) is 22.1. The molecule has 0 spiro atoms. The summed E-state index contributed by atoms with van der Waals surface area (Å²) in [5.41, 5.74) is 3.20. The molecule has 1 fully saturated rings. The van der Waals surface area contributed by atoms with Gasteiger partial charge >= 0.3 is 23.9 Å². The molecule has 0 aliphatic carbocycles. The third-order valence-corrected chi connectivity index (χ3v) is 10.6. The quantitative estimate of drug-likeness (QED) is 0.137. The highest BCUT2D eigenvalue weighted by atomic mass is 16.2. The number of nitrogens with one attached hydrogen (secondary N) is 8. The molecule has 3 rings (SSSR count). The molecule has 2 aromatic rings. The van der Waals surface area contributed by atoms with Gasteiger partial charge in [-0.3, -0.25) is 39.1 Å². The van der Waals surface area contributed by atoms with Gasteiger partial charge < -0.3 is 36.8 Å². The SMILES string of the molecule is CC.CC[C@]1(C)C(NC(=O)C(=O)NC(C)(C)C)C(=O)NNC(=O)N(c2ccccc2)CCN(CCC#N)C(=O)NC(CCc2ccccc2)C(=O)NC1C(=O)NC(CC(C)C)C(=O)NC. The van der Waals surface area contributed by atoms with Crippen molar-refractivity contribution in [3.63, 3.8) is 0 Å². The summed E-state index contributed by atoms with van der Waals surface area (Å²) >= 11 is 0. The number of para-hydroxylation sites is 1. The van der Waals surface area contributed by atoms with E-state index < -0.39 is 82.6 Å². The minimum atomic E-state index is -1.83. The molecular formula is C46H69N11O8. The number of carbonyl (C=O) groups is 8. The Morgan fingerprint density at radius 3 is 2.05 bits per heavy atom. The molecule has 1 aliphatic heterocycles. The molecule has 1 heterocycles. The van der Waals surface area contributed by atoms with Crippen LogP contribution in [0.3, 0.4) is 0 Å². The van der Waals surface area contributed by atoms with Gasteiger partial charge in [0.15, 0.2) is 0 Å². The van der Waals surface area contributed by atoms with Crippen molar-refractivity contribution < 1.29 is 38.4 Å². The van der Waals surface area contributed by atoms with Gasteiger partial charge in [0.25, 0.3) is 5.91 Å². The van der Waals surface area contributed by atoms with E-state index in [0.29, 0.717) is 12.1 Å². The fourth-order valence-corrected chi connectivity index (χ4v) is 7.00. The largest absolute Gasteiger partial charge is 0.357 e. The zero-order chi connectivity index (χ0) is 48.9. The van der Waals surface area contributed by atoms with Crippen LogP contribution in [0.1, 0.15) is 93.6 Å². The minimum absolute atomic E-state index is 0.0191. The van der Waals surface area contributed by atoms with Crippen molar-refractivity contribution in [2.75, 3.05) is 31.6 Å². The molecule has 0 bridgehead atoms. The minimum Gasteiger partial charge on any atom is -0.357 e. The van der Waals surface area contributed by atoms with E-state index in [1.54, 1.807) is 58.0 Å². The molecule has 1 aliphatic rings. The number of rotatable bonds is 13. The third kappa shape index (κ3) is 16.7. The lowest BCUT2D eigenvalue weighted by atomic mass is 9.72. The first-order valence-electron chi connectivity index (χ1n) is 22.1. The van der Waals surface area contributed by atoms with Crippen molar-refractivity contribution in [3.8, 4) is 6.07 Å². The topological polar surface area (TPSA) is 263 Å². The molecule has 1 saturated heterocycles. The number of anilines is 1. The van der Waals surface area contributed by atoms with Crippen LogP contribution in [0, 0.1) is 22.7 Å². The van der Waals surface area contributed by atoms with Gasteiger partial charge in [0.1, 0.15) is 24.2 Å². The number of carbonyl (C=O) groups excluding carboxylic acids is 8. The molecule has 19 nitrogen and oxygen atoms in total. The maximum Gasteiger partial charge on any atom is 0.340 e. The molecule has 0 aromatic heterocycles. The maximum atomic E-state index is 14.8. The van der Waals surface area contributed by atoms with Crippen LogP contribution in [-0.2, 0) is 35.2 Å². The molecule has 10 amide bonds. The van der Waals surface area contributed by atoms with Crippen molar-refractivity contribution >= 4 is 53.2 Å². The number of nitrogens with zero attached hydrogens (tertiary/aromatic N) is 3. The third-order valence-electron chi connectivity index (χ3n) is 10.6. The highest BCUT2D eigenvalue weighted by molar-refractivity contribution is 6.35. The first-order chi connectivity index (χ1) is 30.7. The van der Waals surface area contributed by atoms with E-state index in [2.05, 4.69) is 42.8 Å². The second-order valence-corrected chi connectivity index (χ2v) is 17.0. The van der Waals surface area contributed by atoms with Gasteiger partial charge in [0.05, 0.1) is 12.5 Å². The number of benzene rings is 2. The van der Waals surface area contributed by atoms with Gasteiger partial charge in [-0.15, -0.1) is 0 Å². The number of amides is 10. The van der Waals surface area contributed by atoms with Crippen molar-refractivity contribution in [3.05, 3.63) is 66.2 Å². The highest BCUT2D eigenvalue weighted by Crippen LogP contribution is 2.32. The normalized spacial score (nSPS) is 20.2. The van der Waals surface area contributed by atoms with Crippen LogP contribution in [0.5, 0.6) is 0 Å². The fraction of sp³-hybridized carbons (Fsp3) is 0.543. The summed E-state index contributed by atoms with van der Waals surface area (Å²) in [4.78, 5) is 115. The number of aryl methyl sites for hydroxylation is 1. The smallest absolute Gasteiger partial charge is 0.340 e. The van der Waals surface area contributed by atoms with Gasteiger partial charge in [-0.1, -0.05) is 90.1 Å². The van der Waals surface area contributed by atoms with Crippen LogP contribution in [0.25, 0.3) is 0 Å². The van der Waals surface area contributed by atoms with Crippen LogP contribution in [0.15, 0.2) is 60.7 Å². The van der Waals surface area contributed by atoms with Gasteiger partial charge in [-0.25, -0.2) is 15.0 Å². The Labute approximate surface area is 382 Å². The monoisotopic (exact) mass is 904 g/mol. The average Bonchev–Trinajstić information content (AvgIpc) is 3.28. The van der Waals surface area contributed by atoms with Crippen molar-refractivity contribution in [1.29, 1.82) is 5.26 Å². The van der Waals surface area contributed by atoms with Crippen LogP contribution in [0.4, 0.5) is 15.3 Å². The van der Waals surface area contributed by atoms with Crippen molar-refractivity contribution in [1.82, 2.24) is 47.7 Å². The molecule has 0 saturated carbocycles. The van der Waals surface area contributed by atoms with Crippen molar-refractivity contribution in [2.24, 2.45) is 11.3 Å². The Bertz CT molecular complexity index is 1970. The van der Waals surface area contributed by atoms with Crippen LogP contribution >= 0.6 is 0 Å². The average molecular weight is 904 g/mol. The van der Waals surface area contributed by atoms with E-state index in [1.807, 2.05) is 64.1 Å². The number of hydrogen-bond acceptors (Lipinski definition) is 9. The Kier molecular flexibility index (Phi) is 21.9. The van der Waals surface area contributed by atoms with E-state index in [-0.39, 0.29) is 51.2 Å². The van der Waals surface area contributed by atoms with Gasteiger partial charge in [-0.2, -0.15) is 5.26 Å². The predicted octanol–water partition coefficient (Wildman–Crippen LogP) is 2.78. The van der Waals surface area contributed by atoms with Gasteiger partial charge in [0, 0.05) is 43.3 Å². The number of urea groups is 2. The molecule has 65 heavy (non-hydrogen) atoms. The summed E-state index contributed by atoms with van der Waals surface area (Å²) in [6.45, 7) is 15.3. The van der Waals surface area contributed by atoms with Crippen LogP contribution in [0.2, 0.25) is 0 Å². The summed E-state index contributed by atoms with van der Waals surface area (Å²) in [7, 11) is 1.40. The molecule has 4 unspecified atom stereocenters. The second-order valence-electron chi connectivity index (χ2n) is 17.0. The molecule has 0 radical (unpaired) electrons. The zero-order valence-electron chi connectivity index (χ0n) is 39.4. The number of hydrogen-bond donors (Lipinski definition) is 8. The summed E-state index contributed by atoms with van der Waals surface area (Å²) in [5.74, 6) is -5.81. The van der Waals surface area contributed by atoms with Crippen LogP contribution < -0.4 is 47.7 Å². The van der Waals surface area contributed by atoms with E-state index >= 15 is 0 Å². The predicted molar refractivity (Wildman–Crippen MR) is 246 cm³/mol. The standard InChI is InChI=1S/C44H63N11O8.C2H6/c1-9-44(7)33(37(58)47-32(27-28(2)3)35(56)46-8)49-36(57)31(22-21-29-17-12-10-13-18-29)48-41(62)54(24-16-23-45)25-26-55(30-19-14-11-15-20-30)42(63)53-52-38(59)34(44)50-39(60)40(61)51-43(4,5)6;1-2/h10-15,17-20,28,31-34H,9,16,21-22,24-27H2,1-8H3,(H,46,56)(H,47,58)(H,48,62)(H,49,57)(H,50,60)(H,51,61)(H,52,59)(H,53,63);1-2H3/t31?,32?,33?,34?,44-;/m0./s1. The van der Waals surface area contributed by atoms with Gasteiger partial charge in [-0.05, 0) is 70.1 Å². The zero-order valence-corrected chi connectivity index (χ0v) is 39.4. The Balaban J connectivity index is 0.00000715. The maximum absolute atomic E-state index is 14.8. The highest BCUT2D eigenvalue weighted by Gasteiger charge is 2.50. The molecule has 2 aromatic carbocycles. The lowest BCUT2D eigenvalue weighted by Crippen LogP contribution is -2.70. The molecular weight excluding hydrogens is 835 g/mol. The Morgan fingerprint density at radius 1 is 0.877 bits per heavy atom. The fourth-order valence-electron chi connectivity index (χ4n) is 7.00. The molecule has 5 atom stereocenters. The second kappa shape index (κ2) is 26.2. The number of nitriles is 1. The first kappa shape index (κ1) is 54.4. The lowest BCUT2D eigenvalue weighted by Gasteiger charge is -2.43. The summed E-state index contributed by atoms with van der Waals surface area (Å²) in [6.07, 6.45) is 0.277. The van der Waals surface area contributed by atoms with Crippen molar-refractivity contribution in [2.45, 2.75) is 124 Å². The summed E-state index contributed by atoms with van der Waals surface area (Å²) < 4.78 is 0. The molecule has 19 heteroatoms. The summed E-state index contributed by atoms with van der Waals surface area (Å²) in [5, 5.41) is 25.3. The molecule has 356 valence electrons.